The zero-order chi connectivity index (χ0) is 11.2. The molecule has 6 heteroatoms. The molecule has 1 aromatic rings. The maximum absolute atomic E-state index is 5.44. The second kappa shape index (κ2) is 6.12. The summed E-state index contributed by atoms with van der Waals surface area (Å²) in [4.78, 5) is 10.4. The molecule has 0 bridgehead atoms. The molecule has 0 unspecified atom stereocenters. The van der Waals surface area contributed by atoms with Gasteiger partial charge in [-0.05, 0) is 15.9 Å². The van der Waals surface area contributed by atoms with Gasteiger partial charge in [-0.2, -0.15) is 0 Å². The molecule has 88 valence electrons. The molecule has 5 nitrogen and oxygen atoms in total. The summed E-state index contributed by atoms with van der Waals surface area (Å²) < 4.78 is 11.6. The highest BCUT2D eigenvalue weighted by molar-refractivity contribution is 9.10. The van der Waals surface area contributed by atoms with E-state index in [2.05, 4.69) is 30.8 Å². The third-order valence-corrected chi connectivity index (χ3v) is 2.75. The van der Waals surface area contributed by atoms with Gasteiger partial charge in [-0.15, -0.1) is 0 Å². The van der Waals surface area contributed by atoms with Crippen LogP contribution in [-0.4, -0.2) is 54.3 Å². The van der Waals surface area contributed by atoms with E-state index in [1.54, 1.807) is 12.4 Å². The molecule has 1 aliphatic rings. The first-order valence-electron chi connectivity index (χ1n) is 5.25. The Kier molecular flexibility index (Phi) is 4.50. The summed E-state index contributed by atoms with van der Waals surface area (Å²) in [6.07, 6.45) is 3.36. The van der Waals surface area contributed by atoms with Crippen molar-refractivity contribution in [2.45, 2.75) is 0 Å². The van der Waals surface area contributed by atoms with E-state index in [9.17, 15) is 0 Å². The van der Waals surface area contributed by atoms with E-state index < -0.39 is 0 Å². The fraction of sp³-hybridized carbons (Fsp3) is 0.600. The highest BCUT2D eigenvalue weighted by Gasteiger charge is 2.09. The standard InChI is InChI=1S/C10H14BrN3O2/c11-9-7-12-10(13-8-9)16-6-3-14-1-4-15-5-2-14/h7-8H,1-6H2. The Labute approximate surface area is 103 Å². The Balaban J connectivity index is 1.69. The monoisotopic (exact) mass is 287 g/mol. The Bertz CT molecular complexity index is 314. The van der Waals surface area contributed by atoms with E-state index in [0.717, 1.165) is 37.3 Å². The zero-order valence-corrected chi connectivity index (χ0v) is 10.5. The first-order chi connectivity index (χ1) is 7.84. The fourth-order valence-electron chi connectivity index (χ4n) is 1.47. The number of aromatic nitrogens is 2. The van der Waals surface area contributed by atoms with Crippen molar-refractivity contribution in [2.75, 3.05) is 39.5 Å². The van der Waals surface area contributed by atoms with E-state index in [1.165, 1.54) is 0 Å². The molecule has 1 aromatic heterocycles. The lowest BCUT2D eigenvalue weighted by molar-refractivity contribution is 0.0317. The highest BCUT2D eigenvalue weighted by atomic mass is 79.9. The molecule has 0 spiro atoms. The van der Waals surface area contributed by atoms with Crippen LogP contribution < -0.4 is 4.74 Å². The van der Waals surface area contributed by atoms with Crippen molar-refractivity contribution in [3.8, 4) is 6.01 Å². The molecule has 0 N–H and O–H groups in total. The maximum atomic E-state index is 5.44. The largest absolute Gasteiger partial charge is 0.462 e. The van der Waals surface area contributed by atoms with Gasteiger partial charge in [0.2, 0.25) is 0 Å². The van der Waals surface area contributed by atoms with Crippen LogP contribution in [0.2, 0.25) is 0 Å². The Hall–Kier alpha value is -0.720. The van der Waals surface area contributed by atoms with Gasteiger partial charge in [-0.3, -0.25) is 4.90 Å². The zero-order valence-electron chi connectivity index (χ0n) is 8.93. The van der Waals surface area contributed by atoms with Crippen molar-refractivity contribution >= 4 is 15.9 Å². The number of hydrogen-bond donors (Lipinski definition) is 0. The van der Waals surface area contributed by atoms with Gasteiger partial charge in [0.1, 0.15) is 6.61 Å². The molecule has 0 aromatic carbocycles. The van der Waals surface area contributed by atoms with Crippen molar-refractivity contribution in [3.05, 3.63) is 16.9 Å². The minimum absolute atomic E-state index is 0.427. The average molecular weight is 288 g/mol. The minimum Gasteiger partial charge on any atom is -0.462 e. The average Bonchev–Trinajstić information content (AvgIpc) is 2.33. The minimum atomic E-state index is 0.427. The molecule has 2 heterocycles. The molecule has 0 saturated carbocycles. The fourth-order valence-corrected chi connectivity index (χ4v) is 1.67. The summed E-state index contributed by atoms with van der Waals surface area (Å²) >= 11 is 3.27. The summed E-state index contributed by atoms with van der Waals surface area (Å²) in [6, 6.07) is 0.427. The normalized spacial score (nSPS) is 17.3. The maximum Gasteiger partial charge on any atom is 0.316 e. The van der Waals surface area contributed by atoms with Crippen LogP contribution in [0, 0.1) is 0 Å². The van der Waals surface area contributed by atoms with Crippen LogP contribution in [-0.2, 0) is 4.74 Å². The summed E-state index contributed by atoms with van der Waals surface area (Å²) in [5.41, 5.74) is 0. The molecule has 0 amide bonds. The smallest absolute Gasteiger partial charge is 0.316 e. The topological polar surface area (TPSA) is 47.5 Å². The highest BCUT2D eigenvalue weighted by Crippen LogP contribution is 2.08. The molecular weight excluding hydrogens is 274 g/mol. The Morgan fingerprint density at radius 2 is 2.00 bits per heavy atom. The van der Waals surface area contributed by atoms with Crippen molar-refractivity contribution in [3.63, 3.8) is 0 Å². The summed E-state index contributed by atoms with van der Waals surface area (Å²) in [5, 5.41) is 0. The Morgan fingerprint density at radius 1 is 1.31 bits per heavy atom. The molecular formula is C10H14BrN3O2. The van der Waals surface area contributed by atoms with Gasteiger partial charge in [0.05, 0.1) is 17.7 Å². The van der Waals surface area contributed by atoms with Crippen molar-refractivity contribution in [2.24, 2.45) is 0 Å². The number of nitrogens with zero attached hydrogens (tertiary/aromatic N) is 3. The second-order valence-corrected chi connectivity index (χ2v) is 4.40. The molecule has 0 aliphatic carbocycles. The lowest BCUT2D eigenvalue weighted by Crippen LogP contribution is -2.38. The third-order valence-electron chi connectivity index (χ3n) is 2.34. The lowest BCUT2D eigenvalue weighted by atomic mass is 10.4. The Morgan fingerprint density at radius 3 is 2.69 bits per heavy atom. The van der Waals surface area contributed by atoms with E-state index in [-0.39, 0.29) is 0 Å². The SMILES string of the molecule is Brc1cnc(OCCN2CCOCC2)nc1. The van der Waals surface area contributed by atoms with Gasteiger partial charge >= 0.3 is 6.01 Å². The van der Waals surface area contributed by atoms with E-state index in [4.69, 9.17) is 9.47 Å². The summed E-state index contributed by atoms with van der Waals surface area (Å²) in [5.74, 6) is 0. The van der Waals surface area contributed by atoms with Crippen LogP contribution in [0.1, 0.15) is 0 Å². The van der Waals surface area contributed by atoms with Crippen molar-refractivity contribution in [1.29, 1.82) is 0 Å². The van der Waals surface area contributed by atoms with Gasteiger partial charge < -0.3 is 9.47 Å². The van der Waals surface area contributed by atoms with Gasteiger partial charge in [-0.25, -0.2) is 9.97 Å². The predicted molar refractivity (Wildman–Crippen MR) is 62.5 cm³/mol. The number of halogens is 1. The predicted octanol–water partition coefficient (Wildman–Crippen LogP) is 0.950. The molecule has 0 radical (unpaired) electrons. The van der Waals surface area contributed by atoms with Gasteiger partial charge in [-0.1, -0.05) is 0 Å². The van der Waals surface area contributed by atoms with E-state index in [0.29, 0.717) is 12.6 Å². The lowest BCUT2D eigenvalue weighted by Gasteiger charge is -2.26. The van der Waals surface area contributed by atoms with Crippen LogP contribution in [0.3, 0.4) is 0 Å². The summed E-state index contributed by atoms with van der Waals surface area (Å²) in [6.45, 7) is 5.09. The number of hydrogen-bond acceptors (Lipinski definition) is 5. The van der Waals surface area contributed by atoms with Crippen molar-refractivity contribution < 1.29 is 9.47 Å². The molecule has 0 atom stereocenters. The first-order valence-corrected chi connectivity index (χ1v) is 6.04. The van der Waals surface area contributed by atoms with Crippen molar-refractivity contribution in [1.82, 2.24) is 14.9 Å². The van der Waals surface area contributed by atoms with Gasteiger partial charge in [0.25, 0.3) is 0 Å². The van der Waals surface area contributed by atoms with Crippen LogP contribution in [0.25, 0.3) is 0 Å². The van der Waals surface area contributed by atoms with Gasteiger partial charge in [0, 0.05) is 32.0 Å². The number of ether oxygens (including phenoxy) is 2. The molecule has 16 heavy (non-hydrogen) atoms. The van der Waals surface area contributed by atoms with Crippen LogP contribution in [0.5, 0.6) is 6.01 Å². The summed E-state index contributed by atoms with van der Waals surface area (Å²) in [7, 11) is 0. The van der Waals surface area contributed by atoms with E-state index in [1.807, 2.05) is 0 Å². The molecule has 2 rings (SSSR count). The quantitative estimate of drug-likeness (QED) is 0.825. The first kappa shape index (κ1) is 11.8. The van der Waals surface area contributed by atoms with Crippen LogP contribution >= 0.6 is 15.9 Å². The molecule has 1 fully saturated rings. The second-order valence-electron chi connectivity index (χ2n) is 3.49. The van der Waals surface area contributed by atoms with Crippen LogP contribution in [0.15, 0.2) is 16.9 Å². The van der Waals surface area contributed by atoms with Gasteiger partial charge in [0.15, 0.2) is 0 Å². The van der Waals surface area contributed by atoms with E-state index >= 15 is 0 Å². The number of rotatable bonds is 4. The van der Waals surface area contributed by atoms with Crippen LogP contribution in [0.4, 0.5) is 0 Å². The third kappa shape index (κ3) is 3.70. The number of morpholine rings is 1. The molecule has 1 saturated heterocycles. The molecule has 1 aliphatic heterocycles.